The maximum absolute atomic E-state index is 14.4. The number of rotatable bonds is 6. The highest BCUT2D eigenvalue weighted by Crippen LogP contribution is 2.32. The molecule has 0 heterocycles. The first-order valence-electron chi connectivity index (χ1n) is 9.71. The highest BCUT2D eigenvalue weighted by Gasteiger charge is 2.15. The van der Waals surface area contributed by atoms with Gasteiger partial charge >= 0.3 is 11.9 Å². The van der Waals surface area contributed by atoms with Crippen LogP contribution in [0, 0.1) is 17.5 Å². The summed E-state index contributed by atoms with van der Waals surface area (Å²) in [5.74, 6) is -4.37. The van der Waals surface area contributed by atoms with Crippen LogP contribution in [0.5, 0.6) is 11.5 Å². The van der Waals surface area contributed by atoms with Crippen molar-refractivity contribution < 1.29 is 32.2 Å². The Bertz CT molecular complexity index is 1200. The van der Waals surface area contributed by atoms with Gasteiger partial charge in [-0.05, 0) is 78.6 Å². The molecule has 0 aliphatic carbocycles. The van der Waals surface area contributed by atoms with E-state index in [1.54, 1.807) is 6.07 Å². The molecule has 0 radical (unpaired) electrons. The Morgan fingerprint density at radius 1 is 0.636 bits per heavy atom. The molecule has 3 aromatic rings. The zero-order chi connectivity index (χ0) is 24.3. The first-order valence-corrected chi connectivity index (χ1v) is 9.71. The molecule has 168 valence electrons. The van der Waals surface area contributed by atoms with Crippen LogP contribution in [0.15, 0.2) is 78.9 Å². The van der Waals surface area contributed by atoms with Gasteiger partial charge in [0.1, 0.15) is 5.82 Å². The zero-order valence-electron chi connectivity index (χ0n) is 17.9. The highest BCUT2D eigenvalue weighted by molar-refractivity contribution is 5.89. The van der Waals surface area contributed by atoms with Gasteiger partial charge in [-0.1, -0.05) is 25.3 Å². The van der Waals surface area contributed by atoms with Gasteiger partial charge in [-0.25, -0.2) is 22.8 Å². The molecular weight excluding hydrogens is 433 g/mol. The van der Waals surface area contributed by atoms with Crippen LogP contribution in [0.4, 0.5) is 13.2 Å². The van der Waals surface area contributed by atoms with E-state index >= 15 is 0 Å². The summed E-state index contributed by atoms with van der Waals surface area (Å²) in [7, 11) is 0. The summed E-state index contributed by atoms with van der Waals surface area (Å²) in [5.41, 5.74) is 1.49. The number of halogens is 3. The van der Waals surface area contributed by atoms with Crippen molar-refractivity contribution in [3.8, 4) is 33.8 Å². The summed E-state index contributed by atoms with van der Waals surface area (Å²) in [6.07, 6.45) is 0. The van der Waals surface area contributed by atoms with Gasteiger partial charge in [0, 0.05) is 11.1 Å². The number of carbonyl (C=O) groups is 2. The molecule has 0 aliphatic heterocycles. The Balaban J connectivity index is 1.93. The Morgan fingerprint density at radius 3 is 1.36 bits per heavy atom. The summed E-state index contributed by atoms with van der Waals surface area (Å²) in [4.78, 5) is 23.2. The van der Waals surface area contributed by atoms with E-state index < -0.39 is 29.4 Å². The highest BCUT2D eigenvalue weighted by atomic mass is 19.1. The third-order valence-electron chi connectivity index (χ3n) is 4.53. The predicted octanol–water partition coefficient (Wildman–Crippen LogP) is 6.40. The van der Waals surface area contributed by atoms with E-state index in [1.807, 2.05) is 0 Å². The van der Waals surface area contributed by atoms with E-state index in [9.17, 15) is 22.8 Å². The normalized spacial score (nSPS) is 10.5. The molecule has 0 saturated heterocycles. The van der Waals surface area contributed by atoms with Crippen LogP contribution in [-0.2, 0) is 9.59 Å². The van der Waals surface area contributed by atoms with Crippen LogP contribution in [0.1, 0.15) is 13.8 Å². The van der Waals surface area contributed by atoms with E-state index in [4.69, 9.17) is 9.47 Å². The second-order valence-corrected chi connectivity index (χ2v) is 7.36. The molecule has 7 heteroatoms. The molecule has 0 saturated carbocycles. The van der Waals surface area contributed by atoms with Gasteiger partial charge in [0.25, 0.3) is 0 Å². The number of ether oxygens (including phenoxy) is 2. The first-order chi connectivity index (χ1) is 15.5. The standard InChI is InChI=1S/C26H19F3O4/c1-14(2)25(30)32-23-7-5-16(12-21(23)28)18-9-19(11-20(27)10-18)17-6-8-24(22(29)13-17)33-26(31)15(3)4/h5-13H,1,3H2,2,4H3. The van der Waals surface area contributed by atoms with Gasteiger partial charge in [-0.2, -0.15) is 0 Å². The minimum atomic E-state index is -0.817. The van der Waals surface area contributed by atoms with Crippen LogP contribution in [0.2, 0.25) is 0 Å². The van der Waals surface area contributed by atoms with Crippen LogP contribution < -0.4 is 9.47 Å². The number of hydrogen-bond donors (Lipinski definition) is 0. The number of benzene rings is 3. The molecule has 3 rings (SSSR count). The quantitative estimate of drug-likeness (QED) is 0.247. The lowest BCUT2D eigenvalue weighted by atomic mass is 9.98. The zero-order valence-corrected chi connectivity index (χ0v) is 17.9. The van der Waals surface area contributed by atoms with Crippen molar-refractivity contribution in [2.24, 2.45) is 0 Å². The second-order valence-electron chi connectivity index (χ2n) is 7.36. The largest absolute Gasteiger partial charge is 0.420 e. The Hall–Kier alpha value is -4.13. The molecule has 0 spiro atoms. The smallest absolute Gasteiger partial charge is 0.338 e. The maximum Gasteiger partial charge on any atom is 0.338 e. The Kier molecular flexibility index (Phi) is 6.82. The fraction of sp³-hybridized carbons (Fsp3) is 0.0769. The van der Waals surface area contributed by atoms with Crippen LogP contribution in [0.25, 0.3) is 22.3 Å². The van der Waals surface area contributed by atoms with Gasteiger partial charge in [-0.3, -0.25) is 0 Å². The Labute approximate surface area is 188 Å². The van der Waals surface area contributed by atoms with Gasteiger partial charge in [0.15, 0.2) is 23.1 Å². The van der Waals surface area contributed by atoms with Gasteiger partial charge in [0.05, 0.1) is 0 Å². The first kappa shape index (κ1) is 23.5. The SMILES string of the molecule is C=C(C)C(=O)Oc1ccc(-c2cc(F)cc(-c3ccc(OC(=O)C(=C)C)c(F)c3)c2)cc1F. The average Bonchev–Trinajstić information content (AvgIpc) is 2.75. The Morgan fingerprint density at radius 2 is 1.03 bits per heavy atom. The number of esters is 2. The topological polar surface area (TPSA) is 52.6 Å². The summed E-state index contributed by atoms with van der Waals surface area (Å²) >= 11 is 0. The lowest BCUT2D eigenvalue weighted by molar-refractivity contribution is -0.131. The maximum atomic E-state index is 14.4. The van der Waals surface area contributed by atoms with Gasteiger partial charge < -0.3 is 9.47 Å². The van der Waals surface area contributed by atoms with Gasteiger partial charge in [-0.15, -0.1) is 0 Å². The third kappa shape index (κ3) is 5.57. The summed E-state index contributed by atoms with van der Waals surface area (Å²) in [6, 6.07) is 11.6. The van der Waals surface area contributed by atoms with Crippen molar-refractivity contribution in [2.45, 2.75) is 13.8 Å². The number of carbonyl (C=O) groups excluding carboxylic acids is 2. The summed E-state index contributed by atoms with van der Waals surface area (Å²) < 4.78 is 53.0. The summed E-state index contributed by atoms with van der Waals surface area (Å²) in [6.45, 7) is 9.73. The average molecular weight is 452 g/mol. The molecule has 0 aliphatic rings. The molecule has 0 amide bonds. The van der Waals surface area contributed by atoms with Crippen LogP contribution in [0.3, 0.4) is 0 Å². The van der Waals surface area contributed by atoms with Crippen molar-refractivity contribution in [1.29, 1.82) is 0 Å². The van der Waals surface area contributed by atoms with E-state index in [0.29, 0.717) is 22.3 Å². The minimum Gasteiger partial charge on any atom is -0.420 e. The lowest BCUT2D eigenvalue weighted by Crippen LogP contribution is -2.09. The van der Waals surface area contributed by atoms with Crippen molar-refractivity contribution in [3.05, 3.63) is 96.4 Å². The van der Waals surface area contributed by atoms with Crippen molar-refractivity contribution in [2.75, 3.05) is 0 Å². The van der Waals surface area contributed by atoms with Gasteiger partial charge in [0.2, 0.25) is 0 Å². The molecule has 0 bridgehead atoms. The second kappa shape index (κ2) is 9.56. The molecule has 0 unspecified atom stereocenters. The van der Waals surface area contributed by atoms with E-state index in [2.05, 4.69) is 13.2 Å². The monoisotopic (exact) mass is 452 g/mol. The predicted molar refractivity (Wildman–Crippen MR) is 118 cm³/mol. The van der Waals surface area contributed by atoms with E-state index in [0.717, 1.165) is 12.1 Å². The van der Waals surface area contributed by atoms with E-state index in [1.165, 1.54) is 50.2 Å². The molecule has 0 fully saturated rings. The fourth-order valence-electron chi connectivity index (χ4n) is 2.82. The molecule has 0 aromatic heterocycles. The fourth-order valence-corrected chi connectivity index (χ4v) is 2.82. The van der Waals surface area contributed by atoms with Crippen LogP contribution >= 0.6 is 0 Å². The third-order valence-corrected chi connectivity index (χ3v) is 4.53. The van der Waals surface area contributed by atoms with Crippen LogP contribution in [-0.4, -0.2) is 11.9 Å². The molecule has 0 N–H and O–H groups in total. The minimum absolute atomic E-state index is 0.112. The molecular formula is C26H19F3O4. The van der Waals surface area contributed by atoms with Crippen molar-refractivity contribution in [3.63, 3.8) is 0 Å². The molecule has 4 nitrogen and oxygen atoms in total. The number of hydrogen-bond acceptors (Lipinski definition) is 4. The molecule has 3 aromatic carbocycles. The van der Waals surface area contributed by atoms with E-state index in [-0.39, 0.29) is 22.6 Å². The molecule has 33 heavy (non-hydrogen) atoms. The molecule has 0 atom stereocenters. The lowest BCUT2D eigenvalue weighted by Gasteiger charge is -2.11. The summed E-state index contributed by atoms with van der Waals surface area (Å²) in [5, 5.41) is 0. The van der Waals surface area contributed by atoms with Crippen molar-refractivity contribution in [1.82, 2.24) is 0 Å². The van der Waals surface area contributed by atoms with Crippen molar-refractivity contribution >= 4 is 11.9 Å².